The third-order valence-electron chi connectivity index (χ3n) is 3.72. The number of carbonyl (C=O) groups excluding carboxylic acids is 2. The fourth-order valence-corrected chi connectivity index (χ4v) is 2.82. The molecule has 1 saturated heterocycles. The van der Waals surface area contributed by atoms with E-state index < -0.39 is 0 Å². The van der Waals surface area contributed by atoms with Gasteiger partial charge in [-0.3, -0.25) is 9.59 Å². The lowest BCUT2D eigenvalue weighted by Crippen LogP contribution is -2.34. The maximum absolute atomic E-state index is 12.2. The monoisotopic (exact) mass is 342 g/mol. The van der Waals surface area contributed by atoms with E-state index in [0.29, 0.717) is 34.7 Å². The zero-order valence-corrected chi connectivity index (χ0v) is 14.2. The van der Waals surface area contributed by atoms with E-state index in [-0.39, 0.29) is 24.2 Å². The summed E-state index contributed by atoms with van der Waals surface area (Å²) in [4.78, 5) is 25.9. The van der Waals surface area contributed by atoms with Crippen molar-refractivity contribution in [3.05, 3.63) is 28.2 Å². The number of nitrogens with one attached hydrogen (secondary N) is 1. The van der Waals surface area contributed by atoms with Gasteiger partial charge in [0.1, 0.15) is 0 Å². The van der Waals surface area contributed by atoms with Gasteiger partial charge >= 0.3 is 0 Å². The molecule has 1 unspecified atom stereocenters. The van der Waals surface area contributed by atoms with E-state index in [9.17, 15) is 9.59 Å². The van der Waals surface area contributed by atoms with Crippen LogP contribution in [0.4, 0.5) is 5.69 Å². The lowest BCUT2D eigenvalue weighted by Gasteiger charge is -2.18. The Labute approximate surface area is 140 Å². The zero-order chi connectivity index (χ0) is 16.3. The molecule has 6 heteroatoms. The van der Waals surface area contributed by atoms with Gasteiger partial charge in [0.05, 0.1) is 16.6 Å². The molecule has 1 aromatic rings. The largest absolute Gasteiger partial charge is 0.356 e. The Bertz CT molecular complexity index is 575. The Kier molecular flexibility index (Phi) is 5.70. The summed E-state index contributed by atoms with van der Waals surface area (Å²) in [5.74, 6) is 0.0183. The third-order valence-corrected chi connectivity index (χ3v) is 4.27. The average Bonchev–Trinajstić information content (AvgIpc) is 2.83. The SMILES string of the molecule is CC(C)CCNC(=O)C1CC(=O)N(c2cc(Cl)ccc2Cl)C1. The predicted molar refractivity (Wildman–Crippen MR) is 89.4 cm³/mol. The highest BCUT2D eigenvalue weighted by atomic mass is 35.5. The van der Waals surface area contributed by atoms with E-state index >= 15 is 0 Å². The Morgan fingerprint density at radius 1 is 1.41 bits per heavy atom. The van der Waals surface area contributed by atoms with Gasteiger partial charge in [0.2, 0.25) is 11.8 Å². The molecule has 0 spiro atoms. The van der Waals surface area contributed by atoms with Crippen LogP contribution in [-0.2, 0) is 9.59 Å². The van der Waals surface area contributed by atoms with Crippen molar-refractivity contribution in [1.29, 1.82) is 0 Å². The predicted octanol–water partition coefficient (Wildman–Crippen LogP) is 3.51. The first-order valence-corrected chi connectivity index (χ1v) is 8.17. The van der Waals surface area contributed by atoms with Gasteiger partial charge in [0.15, 0.2) is 0 Å². The molecule has 1 aromatic carbocycles. The number of anilines is 1. The van der Waals surface area contributed by atoms with Gasteiger partial charge in [-0.25, -0.2) is 0 Å². The summed E-state index contributed by atoms with van der Waals surface area (Å²) in [6, 6.07) is 4.98. The number of carbonyl (C=O) groups is 2. The van der Waals surface area contributed by atoms with Crippen molar-refractivity contribution < 1.29 is 9.59 Å². The fraction of sp³-hybridized carbons (Fsp3) is 0.500. The molecule has 1 heterocycles. The highest BCUT2D eigenvalue weighted by Crippen LogP contribution is 2.33. The molecule has 0 aliphatic carbocycles. The molecular weight excluding hydrogens is 323 g/mol. The van der Waals surface area contributed by atoms with Crippen molar-refractivity contribution >= 4 is 40.7 Å². The van der Waals surface area contributed by atoms with Gasteiger partial charge in [-0.05, 0) is 30.5 Å². The number of benzene rings is 1. The number of hydrogen-bond acceptors (Lipinski definition) is 2. The number of halogens is 2. The number of amides is 2. The number of rotatable bonds is 5. The summed E-state index contributed by atoms with van der Waals surface area (Å²) < 4.78 is 0. The molecule has 0 aromatic heterocycles. The highest BCUT2D eigenvalue weighted by Gasteiger charge is 2.35. The van der Waals surface area contributed by atoms with Crippen molar-refractivity contribution in [3.63, 3.8) is 0 Å². The molecule has 22 heavy (non-hydrogen) atoms. The third kappa shape index (κ3) is 4.14. The van der Waals surface area contributed by atoms with Crippen molar-refractivity contribution in [3.8, 4) is 0 Å². The number of nitrogens with zero attached hydrogens (tertiary/aromatic N) is 1. The minimum absolute atomic E-state index is 0.0744. The molecule has 4 nitrogen and oxygen atoms in total. The van der Waals surface area contributed by atoms with Crippen molar-refractivity contribution in [1.82, 2.24) is 5.32 Å². The van der Waals surface area contributed by atoms with E-state index in [1.165, 1.54) is 0 Å². The first-order valence-electron chi connectivity index (χ1n) is 7.41. The maximum Gasteiger partial charge on any atom is 0.227 e. The van der Waals surface area contributed by atoms with Gasteiger partial charge in [-0.1, -0.05) is 37.0 Å². The Balaban J connectivity index is 2.01. The second kappa shape index (κ2) is 7.34. The van der Waals surface area contributed by atoms with Gasteiger partial charge in [0, 0.05) is 24.5 Å². The molecule has 120 valence electrons. The first-order chi connectivity index (χ1) is 10.4. The summed E-state index contributed by atoms with van der Waals surface area (Å²) >= 11 is 12.1. The molecule has 0 saturated carbocycles. The lowest BCUT2D eigenvalue weighted by molar-refractivity contribution is -0.126. The Hall–Kier alpha value is -1.26. The van der Waals surface area contributed by atoms with Crippen LogP contribution >= 0.6 is 23.2 Å². The molecule has 1 atom stereocenters. The molecule has 1 fully saturated rings. The van der Waals surface area contributed by atoms with Gasteiger partial charge in [0.25, 0.3) is 0 Å². The maximum atomic E-state index is 12.2. The summed E-state index contributed by atoms with van der Waals surface area (Å²) in [6.07, 6.45) is 1.13. The van der Waals surface area contributed by atoms with Gasteiger partial charge < -0.3 is 10.2 Å². The molecule has 0 radical (unpaired) electrons. The second-order valence-electron chi connectivity index (χ2n) is 5.97. The second-order valence-corrected chi connectivity index (χ2v) is 6.82. The normalized spacial score (nSPS) is 18.1. The van der Waals surface area contributed by atoms with Crippen LogP contribution < -0.4 is 10.2 Å². The van der Waals surface area contributed by atoms with Gasteiger partial charge in [-0.15, -0.1) is 0 Å². The molecule has 2 amide bonds. The highest BCUT2D eigenvalue weighted by molar-refractivity contribution is 6.35. The number of hydrogen-bond donors (Lipinski definition) is 1. The van der Waals surface area contributed by atoms with Crippen molar-refractivity contribution in [2.45, 2.75) is 26.7 Å². The summed E-state index contributed by atoms with van der Waals surface area (Å²) in [7, 11) is 0. The van der Waals surface area contributed by atoms with Crippen LogP contribution in [0.15, 0.2) is 18.2 Å². The van der Waals surface area contributed by atoms with E-state index in [4.69, 9.17) is 23.2 Å². The zero-order valence-electron chi connectivity index (χ0n) is 12.7. The minimum Gasteiger partial charge on any atom is -0.356 e. The van der Waals surface area contributed by atoms with Crippen molar-refractivity contribution in [2.24, 2.45) is 11.8 Å². The van der Waals surface area contributed by atoms with Crippen LogP contribution in [0.2, 0.25) is 10.0 Å². The smallest absolute Gasteiger partial charge is 0.227 e. The molecule has 1 aliphatic rings. The van der Waals surface area contributed by atoms with Crippen molar-refractivity contribution in [2.75, 3.05) is 18.0 Å². The summed E-state index contributed by atoms with van der Waals surface area (Å²) in [6.45, 7) is 5.19. The Morgan fingerprint density at radius 3 is 2.82 bits per heavy atom. The van der Waals surface area contributed by atoms with E-state index in [0.717, 1.165) is 6.42 Å². The summed E-state index contributed by atoms with van der Waals surface area (Å²) in [5, 5.41) is 3.87. The average molecular weight is 343 g/mol. The van der Waals surface area contributed by atoms with Crippen LogP contribution in [0.3, 0.4) is 0 Å². The van der Waals surface area contributed by atoms with Crippen LogP contribution in [0, 0.1) is 11.8 Å². The first kappa shape index (κ1) is 17.1. The molecular formula is C16H20Cl2N2O2. The van der Waals surface area contributed by atoms with Gasteiger partial charge in [-0.2, -0.15) is 0 Å². The van der Waals surface area contributed by atoms with E-state index in [1.807, 2.05) is 0 Å². The lowest BCUT2D eigenvalue weighted by atomic mass is 10.1. The molecule has 1 aliphatic heterocycles. The van der Waals surface area contributed by atoms with E-state index in [2.05, 4.69) is 19.2 Å². The summed E-state index contributed by atoms with van der Waals surface area (Å²) in [5.41, 5.74) is 0.566. The molecule has 0 bridgehead atoms. The molecule has 1 N–H and O–H groups in total. The molecule has 2 rings (SSSR count). The Morgan fingerprint density at radius 2 is 2.14 bits per heavy atom. The minimum atomic E-state index is -0.338. The van der Waals surface area contributed by atoms with Crippen LogP contribution in [-0.4, -0.2) is 24.9 Å². The fourth-order valence-electron chi connectivity index (χ4n) is 2.44. The van der Waals surface area contributed by atoms with E-state index in [1.54, 1.807) is 23.1 Å². The standard InChI is InChI=1S/C16H20Cl2N2O2/c1-10(2)5-6-19-16(22)11-7-15(21)20(9-11)14-8-12(17)3-4-13(14)18/h3-4,8,10-11H,5-7,9H2,1-2H3,(H,19,22). The quantitative estimate of drug-likeness (QED) is 0.889. The van der Waals surface area contributed by atoms with Crippen LogP contribution in [0.1, 0.15) is 26.7 Å². The van der Waals surface area contributed by atoms with Crippen LogP contribution in [0.5, 0.6) is 0 Å². The topological polar surface area (TPSA) is 49.4 Å². The van der Waals surface area contributed by atoms with Crippen LogP contribution in [0.25, 0.3) is 0 Å².